The predicted octanol–water partition coefficient (Wildman–Crippen LogP) is 3.31. The molecule has 0 aromatic heterocycles. The molecule has 0 amide bonds. The maximum atomic E-state index is 5.76. The second-order valence-electron chi connectivity index (χ2n) is 3.40. The van der Waals surface area contributed by atoms with Gasteiger partial charge in [0.05, 0.1) is 0 Å². The lowest BCUT2D eigenvalue weighted by molar-refractivity contribution is 0.236. The topological polar surface area (TPSA) is 3.24 Å². The first-order valence-electron chi connectivity index (χ1n) is 5.14. The van der Waals surface area contributed by atoms with Crippen LogP contribution in [0.4, 0.5) is 0 Å². The molecule has 0 heterocycles. The van der Waals surface area contributed by atoms with Gasteiger partial charge in [-0.15, -0.1) is 11.6 Å². The summed E-state index contributed by atoms with van der Waals surface area (Å²) in [6, 6.07) is 11.0. The van der Waals surface area contributed by atoms with E-state index < -0.39 is 0 Å². The van der Waals surface area contributed by atoms with Crippen LogP contribution in [-0.2, 0) is 0 Å². The number of rotatable bonds is 5. The van der Waals surface area contributed by atoms with Gasteiger partial charge in [-0.1, -0.05) is 37.3 Å². The van der Waals surface area contributed by atoms with E-state index in [2.05, 4.69) is 43.0 Å². The second-order valence-corrected chi connectivity index (χ2v) is 3.78. The van der Waals surface area contributed by atoms with Gasteiger partial charge in [-0.25, -0.2) is 0 Å². The molecule has 1 nitrogen and oxygen atoms in total. The molecule has 0 aliphatic heterocycles. The van der Waals surface area contributed by atoms with Crippen molar-refractivity contribution in [3.63, 3.8) is 0 Å². The van der Waals surface area contributed by atoms with Crippen LogP contribution in [0.5, 0.6) is 0 Å². The van der Waals surface area contributed by atoms with Crippen LogP contribution in [0.15, 0.2) is 30.3 Å². The molecule has 78 valence electrons. The largest absolute Gasteiger partial charge is 0.296 e. The first-order valence-corrected chi connectivity index (χ1v) is 5.68. The molecule has 0 aliphatic rings. The number of nitrogens with zero attached hydrogens (tertiary/aromatic N) is 1. The molecule has 1 aromatic carbocycles. The summed E-state index contributed by atoms with van der Waals surface area (Å²) in [6.45, 7) is 6.40. The van der Waals surface area contributed by atoms with Gasteiger partial charge in [-0.3, -0.25) is 4.90 Å². The third-order valence-corrected chi connectivity index (χ3v) is 2.78. The first-order chi connectivity index (χ1) is 6.79. The zero-order valence-electron chi connectivity index (χ0n) is 8.91. The molecule has 0 saturated carbocycles. The minimum Gasteiger partial charge on any atom is -0.296 e. The van der Waals surface area contributed by atoms with Crippen molar-refractivity contribution in [3.05, 3.63) is 35.9 Å². The maximum absolute atomic E-state index is 5.76. The van der Waals surface area contributed by atoms with Crippen LogP contribution in [-0.4, -0.2) is 23.9 Å². The average Bonchev–Trinajstić information content (AvgIpc) is 2.26. The lowest BCUT2D eigenvalue weighted by atomic mass is 10.1. The summed E-state index contributed by atoms with van der Waals surface area (Å²) in [5.41, 5.74) is 1.36. The van der Waals surface area contributed by atoms with Gasteiger partial charge in [0, 0.05) is 18.5 Å². The van der Waals surface area contributed by atoms with E-state index in [0.717, 1.165) is 13.1 Å². The zero-order valence-corrected chi connectivity index (χ0v) is 9.67. The Labute approximate surface area is 91.7 Å². The number of hydrogen-bond acceptors (Lipinski definition) is 1. The summed E-state index contributed by atoms with van der Waals surface area (Å²) in [5, 5.41) is 0. The molecular formula is C12H18ClN. The van der Waals surface area contributed by atoms with Gasteiger partial charge in [0.2, 0.25) is 0 Å². The number of hydrogen-bond donors (Lipinski definition) is 0. The van der Waals surface area contributed by atoms with Gasteiger partial charge in [-0.2, -0.15) is 0 Å². The molecule has 1 rings (SSSR count). The lowest BCUT2D eigenvalue weighted by Crippen LogP contribution is -2.28. The van der Waals surface area contributed by atoms with Crippen LogP contribution in [0.1, 0.15) is 25.5 Å². The van der Waals surface area contributed by atoms with E-state index in [4.69, 9.17) is 11.6 Å². The summed E-state index contributed by atoms with van der Waals surface area (Å²) in [7, 11) is 0. The molecule has 0 bridgehead atoms. The van der Waals surface area contributed by atoms with Crippen molar-refractivity contribution in [1.29, 1.82) is 0 Å². The highest BCUT2D eigenvalue weighted by atomic mass is 35.5. The first kappa shape index (κ1) is 11.5. The van der Waals surface area contributed by atoms with Crippen molar-refractivity contribution in [2.75, 3.05) is 19.0 Å². The van der Waals surface area contributed by atoms with Crippen molar-refractivity contribution in [2.45, 2.75) is 19.9 Å². The zero-order chi connectivity index (χ0) is 10.4. The predicted molar refractivity (Wildman–Crippen MR) is 62.8 cm³/mol. The maximum Gasteiger partial charge on any atom is 0.0351 e. The van der Waals surface area contributed by atoms with Crippen LogP contribution < -0.4 is 0 Å². The molecule has 0 N–H and O–H groups in total. The summed E-state index contributed by atoms with van der Waals surface area (Å²) >= 11 is 5.76. The Morgan fingerprint density at radius 1 is 1.29 bits per heavy atom. The molecule has 0 aliphatic carbocycles. The van der Waals surface area contributed by atoms with Crippen molar-refractivity contribution in [2.24, 2.45) is 0 Å². The fraction of sp³-hybridized carbons (Fsp3) is 0.500. The molecule has 0 saturated heterocycles. The summed E-state index contributed by atoms with van der Waals surface area (Å²) in [5.74, 6) is 0.699. The highest BCUT2D eigenvalue weighted by molar-refractivity contribution is 6.18. The summed E-state index contributed by atoms with van der Waals surface area (Å²) < 4.78 is 0. The van der Waals surface area contributed by atoms with E-state index in [1.807, 2.05) is 6.07 Å². The van der Waals surface area contributed by atoms with Gasteiger partial charge in [-0.05, 0) is 19.0 Å². The Hall–Kier alpha value is -0.530. The Kier molecular flexibility index (Phi) is 4.99. The van der Waals surface area contributed by atoms with E-state index in [0.29, 0.717) is 11.9 Å². The Bertz CT molecular complexity index is 248. The average molecular weight is 212 g/mol. The minimum atomic E-state index is 0.458. The molecular weight excluding hydrogens is 194 g/mol. The molecule has 2 heteroatoms. The Balaban J connectivity index is 2.67. The van der Waals surface area contributed by atoms with Gasteiger partial charge in [0.25, 0.3) is 0 Å². The van der Waals surface area contributed by atoms with Crippen LogP contribution in [0.25, 0.3) is 0 Å². The van der Waals surface area contributed by atoms with Crippen LogP contribution in [0.2, 0.25) is 0 Å². The van der Waals surface area contributed by atoms with Gasteiger partial charge >= 0.3 is 0 Å². The Morgan fingerprint density at radius 3 is 2.43 bits per heavy atom. The van der Waals surface area contributed by atoms with Crippen LogP contribution in [0.3, 0.4) is 0 Å². The summed E-state index contributed by atoms with van der Waals surface area (Å²) in [6.07, 6.45) is 0. The van der Waals surface area contributed by atoms with Crippen molar-refractivity contribution in [1.82, 2.24) is 4.90 Å². The minimum absolute atomic E-state index is 0.458. The van der Waals surface area contributed by atoms with Crippen molar-refractivity contribution in [3.8, 4) is 0 Å². The second kappa shape index (κ2) is 6.05. The quantitative estimate of drug-likeness (QED) is 0.676. The van der Waals surface area contributed by atoms with Crippen molar-refractivity contribution < 1.29 is 0 Å². The molecule has 0 spiro atoms. The van der Waals surface area contributed by atoms with E-state index >= 15 is 0 Å². The van der Waals surface area contributed by atoms with E-state index in [-0.39, 0.29) is 0 Å². The molecule has 0 radical (unpaired) electrons. The van der Waals surface area contributed by atoms with E-state index in [9.17, 15) is 0 Å². The molecule has 1 unspecified atom stereocenters. The van der Waals surface area contributed by atoms with E-state index in [1.165, 1.54) is 5.56 Å². The highest BCUT2D eigenvalue weighted by Crippen LogP contribution is 2.18. The third-order valence-electron chi connectivity index (χ3n) is 2.61. The van der Waals surface area contributed by atoms with Crippen molar-refractivity contribution >= 4 is 11.6 Å². The summed E-state index contributed by atoms with van der Waals surface area (Å²) in [4.78, 5) is 2.38. The normalized spacial score (nSPS) is 13.1. The molecule has 1 atom stereocenters. The smallest absolute Gasteiger partial charge is 0.0351 e. The Morgan fingerprint density at radius 2 is 1.93 bits per heavy atom. The number of alkyl halides is 1. The molecule has 14 heavy (non-hydrogen) atoms. The van der Waals surface area contributed by atoms with E-state index in [1.54, 1.807) is 0 Å². The fourth-order valence-corrected chi connectivity index (χ4v) is 1.89. The standard InChI is InChI=1S/C12H18ClN/c1-3-14(10-9-13)11(2)12-7-5-4-6-8-12/h4-8,11H,3,9-10H2,1-2H3. The van der Waals surface area contributed by atoms with Gasteiger partial charge in [0.15, 0.2) is 0 Å². The fourth-order valence-electron chi connectivity index (χ4n) is 1.68. The molecule has 1 aromatic rings. The van der Waals surface area contributed by atoms with Gasteiger partial charge < -0.3 is 0 Å². The molecule has 0 fully saturated rings. The van der Waals surface area contributed by atoms with Crippen LogP contribution >= 0.6 is 11.6 Å². The monoisotopic (exact) mass is 211 g/mol. The lowest BCUT2D eigenvalue weighted by Gasteiger charge is -2.27. The SMILES string of the molecule is CCN(CCCl)C(C)c1ccccc1. The van der Waals surface area contributed by atoms with Crippen LogP contribution in [0, 0.1) is 0 Å². The number of halogens is 1. The highest BCUT2D eigenvalue weighted by Gasteiger charge is 2.12. The number of benzene rings is 1. The van der Waals surface area contributed by atoms with Gasteiger partial charge in [0.1, 0.15) is 0 Å². The third kappa shape index (κ3) is 3.00.